The average Bonchev–Trinajstić information content (AvgIpc) is 3.17. The molecule has 1 N–H and O–H groups in total. The van der Waals surface area contributed by atoms with E-state index >= 15 is 0 Å². The molecule has 2 aliphatic heterocycles. The summed E-state index contributed by atoms with van der Waals surface area (Å²) >= 11 is 0. The zero-order valence-electron chi connectivity index (χ0n) is 15.4. The fraction of sp³-hybridized carbons (Fsp3) is 0.400. The molecule has 2 aromatic rings. The Morgan fingerprint density at radius 1 is 1.11 bits per heavy atom. The zero-order chi connectivity index (χ0) is 18.8. The van der Waals surface area contributed by atoms with Crippen LogP contribution >= 0.6 is 0 Å². The Labute approximate surface area is 157 Å². The van der Waals surface area contributed by atoms with E-state index in [1.165, 1.54) is 13.5 Å². The fourth-order valence-electron chi connectivity index (χ4n) is 3.65. The predicted octanol–water partition coefficient (Wildman–Crippen LogP) is 2.96. The smallest absolute Gasteiger partial charge is 0.337 e. The van der Waals surface area contributed by atoms with Crippen LogP contribution in [0.2, 0.25) is 0 Å². The Bertz CT molecular complexity index is 855. The number of aromatic amines is 1. The number of methoxy groups -OCH3 is 1. The van der Waals surface area contributed by atoms with E-state index in [-0.39, 0.29) is 11.9 Å². The number of fused-ring (bicyclic) bond motifs is 1. The maximum Gasteiger partial charge on any atom is 0.337 e. The summed E-state index contributed by atoms with van der Waals surface area (Å²) in [5.74, 6) is 1.03. The predicted molar refractivity (Wildman–Crippen MR) is 101 cm³/mol. The molecular formula is C20H23N3O4. The van der Waals surface area contributed by atoms with Gasteiger partial charge in [0.15, 0.2) is 11.6 Å². The topological polar surface area (TPSA) is 74.9 Å². The number of hydrogen-bond acceptors (Lipinski definition) is 5. The van der Waals surface area contributed by atoms with Crippen LogP contribution in [0.25, 0.3) is 0 Å². The van der Waals surface area contributed by atoms with Crippen molar-refractivity contribution in [3.05, 3.63) is 41.6 Å². The largest absolute Gasteiger partial charge is 0.488 e. The van der Waals surface area contributed by atoms with E-state index < -0.39 is 0 Å². The molecule has 0 aliphatic carbocycles. The highest BCUT2D eigenvalue weighted by atomic mass is 16.5. The highest BCUT2D eigenvalue weighted by Gasteiger charge is 2.27. The number of esters is 1. The average molecular weight is 369 g/mol. The van der Waals surface area contributed by atoms with Crippen LogP contribution in [0.15, 0.2) is 30.3 Å². The van der Waals surface area contributed by atoms with Crippen LogP contribution in [-0.2, 0) is 4.74 Å². The number of piperidine rings is 1. The van der Waals surface area contributed by atoms with Gasteiger partial charge >= 0.3 is 5.97 Å². The molecule has 1 saturated heterocycles. The summed E-state index contributed by atoms with van der Waals surface area (Å²) in [6.45, 7) is 2.72. The molecule has 142 valence electrons. The number of anilines is 2. The van der Waals surface area contributed by atoms with E-state index in [1.54, 1.807) is 18.2 Å². The molecule has 1 amide bonds. The molecule has 0 bridgehead atoms. The number of carbonyl (C=O) groups excluding carboxylic acids is 2. The molecule has 1 fully saturated rings. The van der Waals surface area contributed by atoms with E-state index in [4.69, 9.17) is 9.47 Å². The van der Waals surface area contributed by atoms with Gasteiger partial charge in [-0.05, 0) is 37.5 Å². The molecule has 4 rings (SSSR count). The number of benzene rings is 1. The number of carbonyl (C=O) groups is 2. The summed E-state index contributed by atoms with van der Waals surface area (Å²) in [4.78, 5) is 31.8. The lowest BCUT2D eigenvalue weighted by Crippen LogP contribution is -2.35. The number of amides is 1. The standard InChI is InChI=1S/C20H23N3O4/c1-26-20(25)14-6-5-7-15(12-14)23-10-11-27-17-13-16(21-18(17)23)19(24)22-8-3-2-4-9-22/h5-7,12-13,21H,2-4,8-11H2,1H3. The molecule has 0 unspecified atom stereocenters. The van der Waals surface area contributed by atoms with Crippen molar-refractivity contribution < 1.29 is 19.1 Å². The monoisotopic (exact) mass is 369 g/mol. The number of ether oxygens (including phenoxy) is 2. The number of H-pyrrole nitrogens is 1. The Morgan fingerprint density at radius 3 is 2.70 bits per heavy atom. The van der Waals surface area contributed by atoms with Gasteiger partial charge in [-0.2, -0.15) is 0 Å². The van der Waals surface area contributed by atoms with E-state index in [0.29, 0.717) is 30.2 Å². The molecule has 2 aliphatic rings. The van der Waals surface area contributed by atoms with Crippen LogP contribution in [0.3, 0.4) is 0 Å². The van der Waals surface area contributed by atoms with Gasteiger partial charge in [0, 0.05) is 24.8 Å². The molecule has 1 aromatic carbocycles. The lowest BCUT2D eigenvalue weighted by molar-refractivity contribution is 0.0600. The van der Waals surface area contributed by atoms with Gasteiger partial charge in [-0.3, -0.25) is 4.79 Å². The third kappa shape index (κ3) is 3.37. The van der Waals surface area contributed by atoms with Crippen molar-refractivity contribution in [1.29, 1.82) is 0 Å². The third-order valence-electron chi connectivity index (χ3n) is 5.06. The van der Waals surface area contributed by atoms with Crippen molar-refractivity contribution in [1.82, 2.24) is 9.88 Å². The molecule has 3 heterocycles. The molecule has 0 radical (unpaired) electrons. The Balaban J connectivity index is 1.63. The van der Waals surface area contributed by atoms with E-state index in [0.717, 1.165) is 37.4 Å². The number of aromatic nitrogens is 1. The van der Waals surface area contributed by atoms with E-state index in [9.17, 15) is 9.59 Å². The van der Waals surface area contributed by atoms with Crippen molar-refractivity contribution in [3.63, 3.8) is 0 Å². The summed E-state index contributed by atoms with van der Waals surface area (Å²) in [6.07, 6.45) is 3.28. The summed E-state index contributed by atoms with van der Waals surface area (Å²) in [6, 6.07) is 9.03. The highest BCUT2D eigenvalue weighted by molar-refractivity contribution is 5.95. The Kier molecular flexibility index (Phi) is 4.75. The van der Waals surface area contributed by atoms with Crippen LogP contribution < -0.4 is 9.64 Å². The second-order valence-electron chi connectivity index (χ2n) is 6.79. The maximum absolute atomic E-state index is 12.8. The normalized spacial score (nSPS) is 16.5. The molecule has 27 heavy (non-hydrogen) atoms. The first-order valence-corrected chi connectivity index (χ1v) is 9.28. The molecule has 0 spiro atoms. The van der Waals surface area contributed by atoms with Crippen LogP contribution in [0.1, 0.15) is 40.1 Å². The van der Waals surface area contributed by atoms with Gasteiger partial charge in [0.1, 0.15) is 12.3 Å². The first-order valence-electron chi connectivity index (χ1n) is 9.28. The maximum atomic E-state index is 12.8. The van der Waals surface area contributed by atoms with Crippen molar-refractivity contribution in [2.45, 2.75) is 19.3 Å². The summed E-state index contributed by atoms with van der Waals surface area (Å²) in [5, 5.41) is 0. The third-order valence-corrected chi connectivity index (χ3v) is 5.06. The molecule has 7 heteroatoms. The second kappa shape index (κ2) is 7.34. The number of nitrogens with zero attached hydrogens (tertiary/aromatic N) is 2. The minimum absolute atomic E-state index is 0.0101. The van der Waals surface area contributed by atoms with Crippen molar-refractivity contribution in [3.8, 4) is 5.75 Å². The highest BCUT2D eigenvalue weighted by Crippen LogP contribution is 2.37. The Hall–Kier alpha value is -2.96. The minimum atomic E-state index is -0.377. The summed E-state index contributed by atoms with van der Waals surface area (Å²) in [5.41, 5.74) is 1.87. The van der Waals surface area contributed by atoms with Crippen molar-refractivity contribution in [2.24, 2.45) is 0 Å². The molecule has 1 aromatic heterocycles. The second-order valence-corrected chi connectivity index (χ2v) is 6.79. The number of likely N-dealkylation sites (tertiary alicyclic amines) is 1. The van der Waals surface area contributed by atoms with Crippen molar-refractivity contribution >= 4 is 23.4 Å². The van der Waals surface area contributed by atoms with Gasteiger partial charge in [-0.25, -0.2) is 4.79 Å². The van der Waals surface area contributed by atoms with Gasteiger partial charge in [0.05, 0.1) is 19.2 Å². The van der Waals surface area contributed by atoms with Crippen LogP contribution in [0, 0.1) is 0 Å². The molecule has 0 saturated carbocycles. The van der Waals surface area contributed by atoms with Crippen LogP contribution in [-0.4, -0.2) is 55.1 Å². The molecule has 7 nitrogen and oxygen atoms in total. The van der Waals surface area contributed by atoms with Crippen molar-refractivity contribution in [2.75, 3.05) is 38.3 Å². The quantitative estimate of drug-likeness (QED) is 0.842. The SMILES string of the molecule is COC(=O)c1cccc(N2CCOc3cc(C(=O)N4CCCCC4)[nH]c32)c1. The summed E-state index contributed by atoms with van der Waals surface area (Å²) in [7, 11) is 1.37. The van der Waals surface area contributed by atoms with E-state index in [1.807, 2.05) is 21.9 Å². The first kappa shape index (κ1) is 17.5. The van der Waals surface area contributed by atoms with Gasteiger partial charge < -0.3 is 24.3 Å². The van der Waals surface area contributed by atoms with Gasteiger partial charge in [-0.15, -0.1) is 0 Å². The van der Waals surface area contributed by atoms with Gasteiger partial charge in [-0.1, -0.05) is 6.07 Å². The molecular weight excluding hydrogens is 346 g/mol. The van der Waals surface area contributed by atoms with Crippen LogP contribution in [0.5, 0.6) is 5.75 Å². The Morgan fingerprint density at radius 2 is 1.93 bits per heavy atom. The lowest BCUT2D eigenvalue weighted by atomic mass is 10.1. The first-order chi connectivity index (χ1) is 13.2. The van der Waals surface area contributed by atoms with Crippen LogP contribution in [0.4, 0.5) is 11.5 Å². The fourth-order valence-corrected chi connectivity index (χ4v) is 3.65. The minimum Gasteiger partial charge on any atom is -0.488 e. The number of nitrogens with one attached hydrogen (secondary N) is 1. The van der Waals surface area contributed by atoms with E-state index in [2.05, 4.69) is 4.98 Å². The summed E-state index contributed by atoms with van der Waals surface area (Å²) < 4.78 is 10.6. The number of hydrogen-bond donors (Lipinski definition) is 1. The van der Waals surface area contributed by atoms with Gasteiger partial charge in [0.2, 0.25) is 0 Å². The lowest BCUT2D eigenvalue weighted by Gasteiger charge is -2.29. The number of rotatable bonds is 3. The van der Waals surface area contributed by atoms with Gasteiger partial charge in [0.25, 0.3) is 5.91 Å². The molecule has 0 atom stereocenters. The zero-order valence-corrected chi connectivity index (χ0v) is 15.4.